The van der Waals surface area contributed by atoms with Gasteiger partial charge in [0.2, 0.25) is 0 Å². The van der Waals surface area contributed by atoms with E-state index < -0.39 is 6.04 Å². The highest BCUT2D eigenvalue weighted by Crippen LogP contribution is 2.26. The lowest BCUT2D eigenvalue weighted by Gasteiger charge is -2.17. The number of hydrogen-bond acceptors (Lipinski definition) is 3. The van der Waals surface area contributed by atoms with Crippen molar-refractivity contribution < 1.29 is 13.9 Å². The van der Waals surface area contributed by atoms with E-state index in [0.717, 1.165) is 0 Å². The molecule has 5 heteroatoms. The largest absolute Gasteiger partial charge is 0.350 e. The average molecular weight is 290 g/mol. The molecule has 2 N–H and O–H groups in total. The highest BCUT2D eigenvalue weighted by molar-refractivity contribution is 9.10. The third-order valence-corrected chi connectivity index (χ3v) is 3.13. The van der Waals surface area contributed by atoms with Crippen molar-refractivity contribution in [3.63, 3.8) is 0 Å². The number of ether oxygens (including phenoxy) is 2. The molecule has 3 nitrogen and oxygen atoms in total. The van der Waals surface area contributed by atoms with Crippen molar-refractivity contribution in [2.24, 2.45) is 5.73 Å². The fourth-order valence-corrected chi connectivity index (χ4v) is 2.07. The molecule has 1 aromatic carbocycles. The zero-order valence-corrected chi connectivity index (χ0v) is 10.2. The minimum Gasteiger partial charge on any atom is -0.350 e. The van der Waals surface area contributed by atoms with Gasteiger partial charge in [-0.25, -0.2) is 4.39 Å². The molecule has 1 aliphatic rings. The van der Waals surface area contributed by atoms with E-state index in [-0.39, 0.29) is 12.1 Å². The molecule has 1 aromatic rings. The third kappa shape index (κ3) is 2.60. The molecular formula is C11H13BrFNO2. The normalized spacial score (nSPS) is 18.9. The van der Waals surface area contributed by atoms with Crippen molar-refractivity contribution in [2.45, 2.75) is 18.8 Å². The Labute approximate surface area is 102 Å². The molecule has 1 fully saturated rings. The molecule has 1 unspecified atom stereocenters. The van der Waals surface area contributed by atoms with Gasteiger partial charge >= 0.3 is 0 Å². The van der Waals surface area contributed by atoms with Crippen LogP contribution in [0.25, 0.3) is 0 Å². The Hall–Kier alpha value is -0.490. The van der Waals surface area contributed by atoms with E-state index in [4.69, 9.17) is 15.2 Å². The second kappa shape index (κ2) is 5.23. The summed E-state index contributed by atoms with van der Waals surface area (Å²) in [6.45, 7) is 1.16. The predicted molar refractivity (Wildman–Crippen MR) is 61.3 cm³/mol. The molecule has 0 aliphatic carbocycles. The average Bonchev–Trinajstić information content (AvgIpc) is 2.74. The van der Waals surface area contributed by atoms with Crippen molar-refractivity contribution in [1.29, 1.82) is 0 Å². The van der Waals surface area contributed by atoms with E-state index in [9.17, 15) is 4.39 Å². The molecule has 0 spiro atoms. The Bertz CT molecular complexity index is 369. The number of halogens is 2. The highest BCUT2D eigenvalue weighted by Gasteiger charge is 2.22. The summed E-state index contributed by atoms with van der Waals surface area (Å²) in [5.41, 5.74) is 6.40. The number of nitrogens with two attached hydrogens (primary N) is 1. The van der Waals surface area contributed by atoms with Crippen molar-refractivity contribution in [3.8, 4) is 0 Å². The molecule has 0 aromatic heterocycles. The van der Waals surface area contributed by atoms with Gasteiger partial charge in [-0.1, -0.05) is 12.1 Å². The second-order valence-electron chi connectivity index (χ2n) is 3.66. The van der Waals surface area contributed by atoms with Crippen molar-refractivity contribution in [2.75, 3.05) is 13.2 Å². The molecule has 1 heterocycles. The first kappa shape index (κ1) is 12.0. The van der Waals surface area contributed by atoms with Crippen LogP contribution in [0.5, 0.6) is 0 Å². The maximum absolute atomic E-state index is 13.7. The Morgan fingerprint density at radius 3 is 2.81 bits per heavy atom. The van der Waals surface area contributed by atoms with Crippen LogP contribution in [-0.2, 0) is 9.47 Å². The minimum absolute atomic E-state index is 0.312. The molecule has 88 valence electrons. The Balaban J connectivity index is 2.07. The van der Waals surface area contributed by atoms with Crippen LogP contribution in [0.3, 0.4) is 0 Å². The van der Waals surface area contributed by atoms with Crippen molar-refractivity contribution in [3.05, 3.63) is 34.1 Å². The van der Waals surface area contributed by atoms with Crippen molar-refractivity contribution >= 4 is 15.9 Å². The molecule has 0 amide bonds. The topological polar surface area (TPSA) is 44.5 Å². The van der Waals surface area contributed by atoms with Gasteiger partial charge in [0.25, 0.3) is 0 Å². The van der Waals surface area contributed by atoms with E-state index in [1.807, 2.05) is 0 Å². The van der Waals surface area contributed by atoms with Gasteiger partial charge in [-0.2, -0.15) is 0 Å². The van der Waals surface area contributed by atoms with Crippen LogP contribution < -0.4 is 5.73 Å². The van der Waals surface area contributed by atoms with E-state index in [2.05, 4.69) is 15.9 Å². The van der Waals surface area contributed by atoms with Crippen LogP contribution in [0.4, 0.5) is 4.39 Å². The summed E-state index contributed by atoms with van der Waals surface area (Å²) in [5.74, 6) is -0.312. The number of rotatable bonds is 3. The SMILES string of the molecule is NC(CC1OCCO1)c1cccc(Br)c1F. The maximum atomic E-state index is 13.7. The van der Waals surface area contributed by atoms with Crippen LogP contribution >= 0.6 is 15.9 Å². The lowest BCUT2D eigenvalue weighted by Crippen LogP contribution is -2.20. The van der Waals surface area contributed by atoms with Crippen LogP contribution in [0, 0.1) is 5.82 Å². The monoisotopic (exact) mass is 289 g/mol. The molecule has 0 radical (unpaired) electrons. The van der Waals surface area contributed by atoms with Crippen molar-refractivity contribution in [1.82, 2.24) is 0 Å². The van der Waals surface area contributed by atoms with Gasteiger partial charge in [-0.05, 0) is 22.0 Å². The number of benzene rings is 1. The van der Waals surface area contributed by atoms with Gasteiger partial charge in [0.05, 0.1) is 17.7 Å². The van der Waals surface area contributed by atoms with Gasteiger partial charge in [0, 0.05) is 18.0 Å². The van der Waals surface area contributed by atoms with Crippen LogP contribution in [-0.4, -0.2) is 19.5 Å². The molecular weight excluding hydrogens is 277 g/mol. The molecule has 1 saturated heterocycles. The van der Waals surface area contributed by atoms with Crippen LogP contribution in [0.2, 0.25) is 0 Å². The minimum atomic E-state index is -0.416. The Kier molecular flexibility index (Phi) is 3.91. The van der Waals surface area contributed by atoms with E-state index in [1.54, 1.807) is 18.2 Å². The number of hydrogen-bond donors (Lipinski definition) is 1. The van der Waals surface area contributed by atoms with E-state index >= 15 is 0 Å². The molecule has 1 atom stereocenters. The molecule has 1 aliphatic heterocycles. The van der Waals surface area contributed by atoms with E-state index in [0.29, 0.717) is 29.7 Å². The summed E-state index contributed by atoms with van der Waals surface area (Å²) in [5, 5.41) is 0. The maximum Gasteiger partial charge on any atom is 0.159 e. The van der Waals surface area contributed by atoms with E-state index in [1.165, 1.54) is 0 Å². The summed E-state index contributed by atoms with van der Waals surface area (Å²) in [6.07, 6.45) is 0.154. The first-order valence-electron chi connectivity index (χ1n) is 5.11. The molecule has 16 heavy (non-hydrogen) atoms. The van der Waals surface area contributed by atoms with Gasteiger partial charge in [0.15, 0.2) is 6.29 Å². The van der Waals surface area contributed by atoms with Gasteiger partial charge in [0.1, 0.15) is 5.82 Å². The fraction of sp³-hybridized carbons (Fsp3) is 0.455. The summed E-state index contributed by atoms with van der Waals surface area (Å²) >= 11 is 3.13. The predicted octanol–water partition coefficient (Wildman–Crippen LogP) is 2.35. The summed E-state index contributed by atoms with van der Waals surface area (Å²) in [6, 6.07) is 4.67. The van der Waals surface area contributed by atoms with Gasteiger partial charge < -0.3 is 15.2 Å². The molecule has 2 rings (SSSR count). The van der Waals surface area contributed by atoms with Crippen LogP contribution in [0.1, 0.15) is 18.0 Å². The summed E-state index contributed by atoms with van der Waals surface area (Å²) in [4.78, 5) is 0. The Morgan fingerprint density at radius 1 is 1.44 bits per heavy atom. The van der Waals surface area contributed by atoms with Crippen LogP contribution in [0.15, 0.2) is 22.7 Å². The third-order valence-electron chi connectivity index (χ3n) is 2.52. The standard InChI is InChI=1S/C11H13BrFNO2/c12-8-3-1-2-7(11(8)13)9(14)6-10-15-4-5-16-10/h1-3,9-10H,4-6,14H2. The summed E-state index contributed by atoms with van der Waals surface area (Å²) in [7, 11) is 0. The van der Waals surface area contributed by atoms with Gasteiger partial charge in [-0.3, -0.25) is 0 Å². The Morgan fingerprint density at radius 2 is 2.12 bits per heavy atom. The first-order chi connectivity index (χ1) is 7.68. The zero-order valence-electron chi connectivity index (χ0n) is 8.66. The molecule has 0 bridgehead atoms. The van der Waals surface area contributed by atoms with Gasteiger partial charge in [-0.15, -0.1) is 0 Å². The second-order valence-corrected chi connectivity index (χ2v) is 4.51. The zero-order chi connectivity index (χ0) is 11.5. The fourth-order valence-electron chi connectivity index (χ4n) is 1.68. The highest BCUT2D eigenvalue weighted by atomic mass is 79.9. The lowest BCUT2D eigenvalue weighted by molar-refractivity contribution is -0.0509. The smallest absolute Gasteiger partial charge is 0.159 e. The first-order valence-corrected chi connectivity index (χ1v) is 5.90. The quantitative estimate of drug-likeness (QED) is 0.929. The summed E-state index contributed by atoms with van der Waals surface area (Å²) < 4.78 is 24.7. The lowest BCUT2D eigenvalue weighted by atomic mass is 10.0. The molecule has 0 saturated carbocycles.